The van der Waals surface area contributed by atoms with Crippen LogP contribution in [0.15, 0.2) is 5.38 Å². The van der Waals surface area contributed by atoms with Crippen LogP contribution in [0, 0.1) is 12.8 Å². The fourth-order valence-corrected chi connectivity index (χ4v) is 2.20. The van der Waals surface area contributed by atoms with Gasteiger partial charge in [0.15, 0.2) is 0 Å². The summed E-state index contributed by atoms with van der Waals surface area (Å²) in [5.74, 6) is 0.352. The second-order valence-electron chi connectivity index (χ2n) is 3.78. The highest BCUT2D eigenvalue weighted by atomic mass is 32.1. The Labute approximate surface area is 93.1 Å². The second kappa shape index (κ2) is 4.72. The van der Waals surface area contributed by atoms with Gasteiger partial charge in [-0.05, 0) is 6.92 Å². The summed E-state index contributed by atoms with van der Waals surface area (Å²) in [5, 5.41) is 9.14. The number of carbonyl (C=O) groups excluding carboxylic acids is 1. The van der Waals surface area contributed by atoms with Gasteiger partial charge >= 0.3 is 0 Å². The lowest BCUT2D eigenvalue weighted by atomic mass is 10.0. The number of hydrogen-bond donors (Lipinski definition) is 2. The Kier molecular flexibility index (Phi) is 3.33. The summed E-state index contributed by atoms with van der Waals surface area (Å²) in [7, 11) is 0. The van der Waals surface area contributed by atoms with Gasteiger partial charge in [0.25, 0.3) is 0 Å². The van der Waals surface area contributed by atoms with Gasteiger partial charge in [-0.3, -0.25) is 4.79 Å². The van der Waals surface area contributed by atoms with Crippen molar-refractivity contribution in [2.24, 2.45) is 5.92 Å². The van der Waals surface area contributed by atoms with Gasteiger partial charge in [0.2, 0.25) is 5.91 Å². The van der Waals surface area contributed by atoms with Crippen LogP contribution in [-0.2, 0) is 11.2 Å². The zero-order valence-corrected chi connectivity index (χ0v) is 9.56. The smallest absolute Gasteiger partial charge is 0.225 e. The number of amides is 1. The largest absolute Gasteiger partial charge is 0.355 e. The van der Waals surface area contributed by atoms with Crippen molar-refractivity contribution in [2.75, 3.05) is 19.6 Å². The Bertz CT molecular complexity index is 346. The van der Waals surface area contributed by atoms with Crippen LogP contribution in [0.2, 0.25) is 0 Å². The van der Waals surface area contributed by atoms with E-state index < -0.39 is 0 Å². The van der Waals surface area contributed by atoms with E-state index in [1.54, 1.807) is 11.3 Å². The summed E-state index contributed by atoms with van der Waals surface area (Å²) in [4.78, 5) is 15.8. The molecule has 1 amide bonds. The van der Waals surface area contributed by atoms with Crippen LogP contribution in [-0.4, -0.2) is 30.5 Å². The van der Waals surface area contributed by atoms with Crippen molar-refractivity contribution in [1.29, 1.82) is 0 Å². The van der Waals surface area contributed by atoms with Crippen molar-refractivity contribution in [3.63, 3.8) is 0 Å². The molecule has 1 aromatic rings. The van der Waals surface area contributed by atoms with E-state index in [-0.39, 0.29) is 11.8 Å². The molecule has 1 aliphatic heterocycles. The Hall–Kier alpha value is -0.940. The molecule has 15 heavy (non-hydrogen) atoms. The first-order valence-corrected chi connectivity index (χ1v) is 6.03. The number of nitrogens with one attached hydrogen (secondary N) is 2. The molecule has 1 aromatic heterocycles. The highest BCUT2D eigenvalue weighted by molar-refractivity contribution is 7.09. The lowest BCUT2D eigenvalue weighted by molar-refractivity contribution is -0.126. The highest BCUT2D eigenvalue weighted by Crippen LogP contribution is 2.08. The molecule has 2 rings (SSSR count). The predicted octanol–water partition coefficient (Wildman–Crippen LogP) is 0.330. The standard InChI is InChI=1S/C10H15N3OS/c1-7-6-15-9(13-7)2-3-12-10(14)8-4-11-5-8/h6,8,11H,2-5H2,1H3,(H,12,14). The SMILES string of the molecule is Cc1csc(CCNC(=O)C2CNC2)n1. The van der Waals surface area contributed by atoms with E-state index in [1.165, 1.54) is 0 Å². The minimum absolute atomic E-state index is 0.169. The number of carbonyl (C=O) groups is 1. The summed E-state index contributed by atoms with van der Waals surface area (Å²) in [6, 6.07) is 0. The second-order valence-corrected chi connectivity index (χ2v) is 4.72. The average Bonchev–Trinajstić information content (AvgIpc) is 2.48. The third-order valence-electron chi connectivity index (χ3n) is 2.46. The first-order chi connectivity index (χ1) is 7.25. The Morgan fingerprint density at radius 3 is 3.07 bits per heavy atom. The summed E-state index contributed by atoms with van der Waals surface area (Å²) >= 11 is 1.65. The van der Waals surface area contributed by atoms with Crippen molar-refractivity contribution in [2.45, 2.75) is 13.3 Å². The van der Waals surface area contributed by atoms with Gasteiger partial charge in [-0.2, -0.15) is 0 Å². The van der Waals surface area contributed by atoms with E-state index in [0.29, 0.717) is 6.54 Å². The molecule has 82 valence electrons. The van der Waals surface area contributed by atoms with Crippen LogP contribution < -0.4 is 10.6 Å². The van der Waals surface area contributed by atoms with Gasteiger partial charge in [0.05, 0.1) is 10.9 Å². The molecule has 4 nitrogen and oxygen atoms in total. The van der Waals surface area contributed by atoms with Crippen molar-refractivity contribution < 1.29 is 4.79 Å². The van der Waals surface area contributed by atoms with E-state index in [9.17, 15) is 4.79 Å². The van der Waals surface area contributed by atoms with Crippen molar-refractivity contribution >= 4 is 17.2 Å². The summed E-state index contributed by atoms with van der Waals surface area (Å²) in [6.07, 6.45) is 0.838. The van der Waals surface area contributed by atoms with Crippen molar-refractivity contribution in [3.8, 4) is 0 Å². The Morgan fingerprint density at radius 2 is 2.53 bits per heavy atom. The molecule has 1 saturated heterocycles. The molecule has 5 heteroatoms. The molecule has 1 fully saturated rings. The lowest BCUT2D eigenvalue weighted by Crippen LogP contribution is -2.51. The van der Waals surface area contributed by atoms with Crippen molar-refractivity contribution in [3.05, 3.63) is 16.1 Å². The maximum Gasteiger partial charge on any atom is 0.225 e. The van der Waals surface area contributed by atoms with Gasteiger partial charge in [-0.25, -0.2) is 4.98 Å². The summed E-state index contributed by atoms with van der Waals surface area (Å²) in [5.41, 5.74) is 1.06. The van der Waals surface area contributed by atoms with Crippen LogP contribution >= 0.6 is 11.3 Å². The molecule has 1 aliphatic rings. The number of hydrogen-bond acceptors (Lipinski definition) is 4. The summed E-state index contributed by atoms with van der Waals surface area (Å²) < 4.78 is 0. The van der Waals surface area contributed by atoms with E-state index in [1.807, 2.05) is 12.3 Å². The molecule has 0 spiro atoms. The van der Waals surface area contributed by atoms with Gasteiger partial charge < -0.3 is 10.6 Å². The highest BCUT2D eigenvalue weighted by Gasteiger charge is 2.24. The van der Waals surface area contributed by atoms with Gasteiger partial charge in [0, 0.05) is 37.1 Å². The first-order valence-electron chi connectivity index (χ1n) is 5.15. The van der Waals surface area contributed by atoms with E-state index in [4.69, 9.17) is 0 Å². The maximum atomic E-state index is 11.5. The molecule has 2 heterocycles. The quantitative estimate of drug-likeness (QED) is 0.776. The van der Waals surface area contributed by atoms with Crippen LogP contribution in [0.5, 0.6) is 0 Å². The minimum atomic E-state index is 0.169. The van der Waals surface area contributed by atoms with E-state index >= 15 is 0 Å². The molecular weight excluding hydrogens is 210 g/mol. The Balaban J connectivity index is 1.68. The number of aromatic nitrogens is 1. The van der Waals surface area contributed by atoms with Gasteiger partial charge in [-0.1, -0.05) is 0 Å². The molecule has 2 N–H and O–H groups in total. The van der Waals surface area contributed by atoms with Crippen LogP contribution in [0.1, 0.15) is 10.7 Å². The molecule has 0 aliphatic carbocycles. The topological polar surface area (TPSA) is 54.0 Å². The van der Waals surface area contributed by atoms with Gasteiger partial charge in [-0.15, -0.1) is 11.3 Å². The third kappa shape index (κ3) is 2.76. The molecule has 0 aromatic carbocycles. The van der Waals surface area contributed by atoms with Gasteiger partial charge in [0.1, 0.15) is 0 Å². The third-order valence-corrected chi connectivity index (χ3v) is 3.48. The molecule has 0 unspecified atom stereocenters. The maximum absolute atomic E-state index is 11.5. The van der Waals surface area contributed by atoms with Crippen molar-refractivity contribution in [1.82, 2.24) is 15.6 Å². The van der Waals surface area contributed by atoms with Crippen LogP contribution in [0.25, 0.3) is 0 Å². The first kappa shape index (κ1) is 10.6. The number of thiazole rings is 1. The Morgan fingerprint density at radius 1 is 1.73 bits per heavy atom. The fraction of sp³-hybridized carbons (Fsp3) is 0.600. The summed E-state index contributed by atoms with van der Waals surface area (Å²) in [6.45, 7) is 4.32. The van der Waals surface area contributed by atoms with Crippen LogP contribution in [0.3, 0.4) is 0 Å². The zero-order chi connectivity index (χ0) is 10.7. The minimum Gasteiger partial charge on any atom is -0.355 e. The molecule has 0 atom stereocenters. The number of rotatable bonds is 4. The zero-order valence-electron chi connectivity index (χ0n) is 8.75. The monoisotopic (exact) mass is 225 g/mol. The molecular formula is C10H15N3OS. The normalized spacial score (nSPS) is 16.1. The molecule has 0 saturated carbocycles. The number of aryl methyl sites for hydroxylation is 1. The van der Waals surface area contributed by atoms with E-state index in [0.717, 1.165) is 30.2 Å². The predicted molar refractivity (Wildman–Crippen MR) is 59.9 cm³/mol. The fourth-order valence-electron chi connectivity index (χ4n) is 1.43. The molecule has 0 bridgehead atoms. The molecule has 0 radical (unpaired) electrons. The lowest BCUT2D eigenvalue weighted by Gasteiger charge is -2.25. The number of nitrogens with zero attached hydrogens (tertiary/aromatic N) is 1. The van der Waals surface area contributed by atoms with E-state index in [2.05, 4.69) is 15.6 Å². The van der Waals surface area contributed by atoms with Crippen LogP contribution in [0.4, 0.5) is 0 Å². The average molecular weight is 225 g/mol.